The highest BCUT2D eigenvalue weighted by atomic mass is 127. The molecule has 208 valence electrons. The summed E-state index contributed by atoms with van der Waals surface area (Å²) >= 11 is 0. The van der Waals surface area contributed by atoms with Crippen molar-refractivity contribution in [2.24, 2.45) is 7.05 Å². The molecule has 1 aromatic heterocycles. The number of hydrogen-bond donors (Lipinski definition) is 2. The normalized spacial score (nSPS) is 12.7. The van der Waals surface area contributed by atoms with Crippen molar-refractivity contribution in [1.29, 1.82) is 0 Å². The van der Waals surface area contributed by atoms with E-state index < -0.39 is 5.60 Å². The first kappa shape index (κ1) is 30.7. The van der Waals surface area contributed by atoms with E-state index in [2.05, 4.69) is 44.7 Å². The number of halogens is 1. The van der Waals surface area contributed by atoms with Crippen molar-refractivity contribution in [3.8, 4) is 5.69 Å². The number of anilines is 1. The molecule has 7 heteroatoms. The number of rotatable bonds is 10. The number of hydrogen-bond acceptors (Lipinski definition) is 3. The minimum absolute atomic E-state index is 0. The van der Waals surface area contributed by atoms with Crippen molar-refractivity contribution in [1.82, 2.24) is 9.36 Å². The zero-order chi connectivity index (χ0) is 27.4. The van der Waals surface area contributed by atoms with Crippen molar-refractivity contribution in [2.45, 2.75) is 40.2 Å². The molecular formula is C32H41IN4O2. The highest BCUT2D eigenvalue weighted by Crippen LogP contribution is 2.38. The number of quaternary nitrogens is 1. The molecule has 6 nitrogen and oxygen atoms in total. The first-order chi connectivity index (χ1) is 18.3. The van der Waals surface area contributed by atoms with Crippen molar-refractivity contribution >= 4 is 11.4 Å². The number of aliphatic hydroxyl groups is 1. The molecule has 3 aromatic carbocycles. The zero-order valence-electron chi connectivity index (χ0n) is 23.9. The maximum atomic E-state index is 14.1. The molecule has 0 aliphatic carbocycles. The predicted molar refractivity (Wildman–Crippen MR) is 156 cm³/mol. The fourth-order valence-electron chi connectivity index (χ4n) is 5.55. The van der Waals surface area contributed by atoms with Crippen LogP contribution < -0.4 is 39.3 Å². The number of nitrogens with one attached hydrogen (secondary N) is 1. The second-order valence-electron chi connectivity index (χ2n) is 9.75. The third-order valence-corrected chi connectivity index (χ3v) is 7.89. The Morgan fingerprint density at radius 1 is 0.821 bits per heavy atom. The second kappa shape index (κ2) is 13.0. The average molecular weight is 641 g/mol. The van der Waals surface area contributed by atoms with Crippen LogP contribution in [0.5, 0.6) is 0 Å². The molecule has 2 N–H and O–H groups in total. The molecule has 0 saturated carbocycles. The molecule has 0 fully saturated rings. The fourth-order valence-corrected chi connectivity index (χ4v) is 5.55. The Labute approximate surface area is 249 Å². The molecule has 1 unspecified atom stereocenters. The van der Waals surface area contributed by atoms with Crippen LogP contribution in [0.4, 0.5) is 11.4 Å². The summed E-state index contributed by atoms with van der Waals surface area (Å²) in [6.07, 6.45) is 0. The summed E-state index contributed by atoms with van der Waals surface area (Å²) in [6.45, 7) is 14.3. The van der Waals surface area contributed by atoms with Gasteiger partial charge in [0.05, 0.1) is 24.3 Å². The van der Waals surface area contributed by atoms with Gasteiger partial charge in [0.25, 0.3) is 5.56 Å². The minimum Gasteiger partial charge on any atom is -1.00 e. The lowest BCUT2D eigenvalue weighted by molar-refractivity contribution is -0.828. The summed E-state index contributed by atoms with van der Waals surface area (Å²) in [5.41, 5.74) is 3.58. The van der Waals surface area contributed by atoms with Crippen molar-refractivity contribution < 1.29 is 34.0 Å². The van der Waals surface area contributed by atoms with E-state index in [1.807, 2.05) is 85.4 Å². The molecule has 0 bridgehead atoms. The molecule has 0 spiro atoms. The summed E-state index contributed by atoms with van der Waals surface area (Å²) in [4.78, 5) is 17.7. The molecule has 0 radical (unpaired) electrons. The summed E-state index contributed by atoms with van der Waals surface area (Å²) in [5, 5.41) is 12.7. The van der Waals surface area contributed by atoms with Crippen LogP contribution in [-0.4, -0.2) is 40.6 Å². The van der Waals surface area contributed by atoms with Gasteiger partial charge in [-0.1, -0.05) is 30.3 Å². The van der Waals surface area contributed by atoms with Gasteiger partial charge in [-0.25, -0.2) is 4.68 Å². The summed E-state index contributed by atoms with van der Waals surface area (Å²) in [7, 11) is 1.87. The number of nitrogens with zero attached hydrogens (tertiary/aromatic N) is 3. The van der Waals surface area contributed by atoms with E-state index >= 15 is 0 Å². The quantitative estimate of drug-likeness (QED) is 0.256. The Morgan fingerprint density at radius 3 is 1.82 bits per heavy atom. The molecule has 1 heterocycles. The average Bonchev–Trinajstić information content (AvgIpc) is 3.18. The van der Waals surface area contributed by atoms with Crippen LogP contribution in [0.3, 0.4) is 0 Å². The summed E-state index contributed by atoms with van der Waals surface area (Å²) in [5.74, 6) is 0. The van der Waals surface area contributed by atoms with Crippen molar-refractivity contribution in [2.75, 3.05) is 31.1 Å². The van der Waals surface area contributed by atoms with E-state index in [0.717, 1.165) is 37.6 Å². The molecule has 0 amide bonds. The lowest BCUT2D eigenvalue weighted by Gasteiger charge is -2.30. The van der Waals surface area contributed by atoms with Crippen LogP contribution >= 0.6 is 0 Å². The third-order valence-electron chi connectivity index (χ3n) is 7.89. The molecule has 0 saturated heterocycles. The van der Waals surface area contributed by atoms with E-state index in [4.69, 9.17) is 0 Å². The predicted octanol–water partition coefficient (Wildman–Crippen LogP) is 1.18. The Morgan fingerprint density at radius 2 is 1.33 bits per heavy atom. The molecular weight excluding hydrogens is 599 g/mol. The van der Waals surface area contributed by atoms with Crippen LogP contribution in [-0.2, 0) is 12.6 Å². The fraction of sp³-hybridized carbons (Fsp3) is 0.344. The van der Waals surface area contributed by atoms with Crippen LogP contribution in [0.15, 0.2) is 83.7 Å². The summed E-state index contributed by atoms with van der Waals surface area (Å²) < 4.78 is 3.46. The SMILES string of the molecule is CCN(CC)c1ccc(C(O)(c2ccc([NH+](CC)CC)cc2)c2c(C)n(C)n(-c3ccccc3)c2=O)cc1.[I-]. The first-order valence-corrected chi connectivity index (χ1v) is 13.7. The van der Waals surface area contributed by atoms with Gasteiger partial charge in [0.15, 0.2) is 0 Å². The van der Waals surface area contributed by atoms with E-state index in [1.165, 1.54) is 10.6 Å². The number of para-hydroxylation sites is 1. The minimum atomic E-state index is -1.63. The van der Waals surface area contributed by atoms with Crippen LogP contribution in [0.25, 0.3) is 5.69 Å². The van der Waals surface area contributed by atoms with Crippen LogP contribution in [0.2, 0.25) is 0 Å². The Hall–Kier alpha value is -2.88. The number of benzene rings is 3. The molecule has 0 aliphatic rings. The van der Waals surface area contributed by atoms with E-state index in [0.29, 0.717) is 22.4 Å². The van der Waals surface area contributed by atoms with Gasteiger partial charge in [-0.15, -0.1) is 0 Å². The maximum Gasteiger partial charge on any atom is 0.278 e. The maximum absolute atomic E-state index is 14.1. The van der Waals surface area contributed by atoms with Crippen LogP contribution in [0.1, 0.15) is 50.1 Å². The zero-order valence-corrected chi connectivity index (χ0v) is 26.1. The van der Waals surface area contributed by atoms with Gasteiger partial charge in [-0.05, 0) is 94.3 Å². The lowest BCUT2D eigenvalue weighted by Crippen LogP contribution is -3.06. The Kier molecular flexibility index (Phi) is 10.2. The van der Waals surface area contributed by atoms with Gasteiger partial charge >= 0.3 is 0 Å². The van der Waals surface area contributed by atoms with Gasteiger partial charge in [0, 0.05) is 31.5 Å². The topological polar surface area (TPSA) is 54.8 Å². The van der Waals surface area contributed by atoms with Gasteiger partial charge in [0.1, 0.15) is 11.3 Å². The van der Waals surface area contributed by atoms with E-state index in [9.17, 15) is 9.90 Å². The first-order valence-electron chi connectivity index (χ1n) is 13.7. The molecule has 0 aliphatic heterocycles. The van der Waals surface area contributed by atoms with Gasteiger partial charge in [0.2, 0.25) is 0 Å². The van der Waals surface area contributed by atoms with Gasteiger partial charge in [-0.3, -0.25) is 9.48 Å². The van der Waals surface area contributed by atoms with Crippen LogP contribution in [0, 0.1) is 6.92 Å². The monoisotopic (exact) mass is 640 g/mol. The highest BCUT2D eigenvalue weighted by Gasteiger charge is 2.40. The molecule has 4 rings (SSSR count). The summed E-state index contributed by atoms with van der Waals surface area (Å²) in [6, 6.07) is 25.6. The molecule has 39 heavy (non-hydrogen) atoms. The number of aromatic nitrogens is 2. The highest BCUT2D eigenvalue weighted by molar-refractivity contribution is 5.55. The standard InChI is InChI=1S/C32H40N4O2.HI/c1-7-34(8-2)27-20-16-25(17-21-27)32(38,26-18-22-28(23-19-26)35(9-3)10-4)30-24(5)33(6)36(31(30)37)29-14-12-11-13-15-29;/h11-23,38H,7-10H2,1-6H3;1H. The largest absolute Gasteiger partial charge is 1.00 e. The van der Waals surface area contributed by atoms with Gasteiger partial charge < -0.3 is 38.9 Å². The van der Waals surface area contributed by atoms with E-state index in [-0.39, 0.29) is 29.5 Å². The Balaban J connectivity index is 0.00000420. The smallest absolute Gasteiger partial charge is 0.278 e. The van der Waals surface area contributed by atoms with E-state index in [1.54, 1.807) is 4.68 Å². The third kappa shape index (κ3) is 5.58. The van der Waals surface area contributed by atoms with Crippen molar-refractivity contribution in [3.05, 3.63) is 112 Å². The molecule has 4 aromatic rings. The van der Waals surface area contributed by atoms with Crippen molar-refractivity contribution in [3.63, 3.8) is 0 Å². The van der Waals surface area contributed by atoms with Gasteiger partial charge in [-0.2, -0.15) is 0 Å². The second-order valence-corrected chi connectivity index (χ2v) is 9.75. The molecule has 1 atom stereocenters. The lowest BCUT2D eigenvalue weighted by atomic mass is 9.80. The Bertz CT molecular complexity index is 1350.